The van der Waals surface area contributed by atoms with Gasteiger partial charge in [-0.3, -0.25) is 4.79 Å². The second-order valence-corrected chi connectivity index (χ2v) is 6.35. The summed E-state index contributed by atoms with van der Waals surface area (Å²) in [5.74, 6) is 0.237. The molecule has 4 heteroatoms. The van der Waals surface area contributed by atoms with E-state index in [1.54, 1.807) is 0 Å². The van der Waals surface area contributed by atoms with Crippen LogP contribution in [0.3, 0.4) is 0 Å². The smallest absolute Gasteiger partial charge is 0.223 e. The molecule has 1 aromatic rings. The number of carbonyl (C=O) groups is 1. The number of nitrogens with zero attached hydrogens (tertiary/aromatic N) is 1. The lowest BCUT2D eigenvalue weighted by Gasteiger charge is -2.26. The Morgan fingerprint density at radius 2 is 1.95 bits per heavy atom. The summed E-state index contributed by atoms with van der Waals surface area (Å²) < 4.78 is 5.27. The predicted molar refractivity (Wildman–Crippen MR) is 82.0 cm³/mol. The van der Waals surface area contributed by atoms with Crippen LogP contribution >= 0.6 is 0 Å². The van der Waals surface area contributed by atoms with Crippen molar-refractivity contribution in [1.82, 2.24) is 4.90 Å². The van der Waals surface area contributed by atoms with E-state index in [1.807, 2.05) is 4.90 Å². The van der Waals surface area contributed by atoms with Crippen LogP contribution in [0.25, 0.3) is 0 Å². The zero-order valence-corrected chi connectivity index (χ0v) is 12.5. The topological polar surface area (TPSA) is 55.6 Å². The van der Waals surface area contributed by atoms with Crippen molar-refractivity contribution in [3.05, 3.63) is 35.4 Å². The van der Waals surface area contributed by atoms with Crippen LogP contribution in [0, 0.1) is 0 Å². The van der Waals surface area contributed by atoms with E-state index >= 15 is 0 Å². The molecule has 1 heterocycles. The molecule has 1 aliphatic carbocycles. The highest BCUT2D eigenvalue weighted by Gasteiger charge is 2.37. The van der Waals surface area contributed by atoms with Gasteiger partial charge in [0.25, 0.3) is 0 Å². The second kappa shape index (κ2) is 6.16. The van der Waals surface area contributed by atoms with E-state index in [9.17, 15) is 4.79 Å². The van der Waals surface area contributed by atoms with Gasteiger partial charge in [0.05, 0.1) is 13.2 Å². The van der Waals surface area contributed by atoms with Crippen molar-refractivity contribution in [2.75, 3.05) is 26.3 Å². The van der Waals surface area contributed by atoms with Gasteiger partial charge in [0, 0.05) is 25.0 Å². The first-order valence-corrected chi connectivity index (χ1v) is 7.87. The van der Waals surface area contributed by atoms with Crippen molar-refractivity contribution < 1.29 is 9.53 Å². The molecule has 4 nitrogen and oxygen atoms in total. The van der Waals surface area contributed by atoms with Crippen LogP contribution in [0.1, 0.15) is 30.4 Å². The first kappa shape index (κ1) is 14.5. The SMILES string of the molecule is NC1(Cc2cccc(CCC(=O)N3CCOCC3)c2)CC1. The van der Waals surface area contributed by atoms with Gasteiger partial charge in [0.15, 0.2) is 0 Å². The van der Waals surface area contributed by atoms with E-state index in [2.05, 4.69) is 24.3 Å². The number of carbonyl (C=O) groups excluding carboxylic acids is 1. The minimum Gasteiger partial charge on any atom is -0.378 e. The van der Waals surface area contributed by atoms with Crippen LogP contribution in [-0.2, 0) is 22.4 Å². The summed E-state index contributed by atoms with van der Waals surface area (Å²) in [6, 6.07) is 8.53. The fourth-order valence-electron chi connectivity index (χ4n) is 2.86. The van der Waals surface area contributed by atoms with Gasteiger partial charge in [-0.1, -0.05) is 24.3 Å². The summed E-state index contributed by atoms with van der Waals surface area (Å²) >= 11 is 0. The van der Waals surface area contributed by atoms with Gasteiger partial charge >= 0.3 is 0 Å². The van der Waals surface area contributed by atoms with E-state index in [0.29, 0.717) is 19.6 Å². The molecule has 1 aliphatic heterocycles. The molecule has 0 aromatic heterocycles. The van der Waals surface area contributed by atoms with E-state index in [1.165, 1.54) is 11.1 Å². The number of benzene rings is 1. The minimum atomic E-state index is 0.0439. The summed E-state index contributed by atoms with van der Waals surface area (Å²) in [5, 5.41) is 0. The third-order valence-electron chi connectivity index (χ3n) is 4.43. The molecule has 1 saturated heterocycles. The molecule has 3 rings (SSSR count). The maximum absolute atomic E-state index is 12.1. The van der Waals surface area contributed by atoms with Gasteiger partial charge in [-0.15, -0.1) is 0 Å². The van der Waals surface area contributed by atoms with Crippen LogP contribution in [0.15, 0.2) is 24.3 Å². The molecule has 1 saturated carbocycles. The summed E-state index contributed by atoms with van der Waals surface area (Å²) in [4.78, 5) is 14.1. The maximum atomic E-state index is 12.1. The standard InChI is InChI=1S/C17H24N2O2/c18-17(6-7-17)13-15-3-1-2-14(12-15)4-5-16(20)19-8-10-21-11-9-19/h1-3,12H,4-11,13,18H2. The van der Waals surface area contributed by atoms with Gasteiger partial charge in [-0.2, -0.15) is 0 Å². The van der Waals surface area contributed by atoms with E-state index < -0.39 is 0 Å². The molecule has 0 unspecified atom stereocenters. The Morgan fingerprint density at radius 3 is 2.67 bits per heavy atom. The highest BCUT2D eigenvalue weighted by atomic mass is 16.5. The molecule has 114 valence electrons. The Kier molecular flexibility index (Phi) is 4.27. The molecule has 2 fully saturated rings. The highest BCUT2D eigenvalue weighted by Crippen LogP contribution is 2.35. The largest absolute Gasteiger partial charge is 0.378 e. The number of rotatable bonds is 5. The van der Waals surface area contributed by atoms with Gasteiger partial charge in [-0.05, 0) is 36.8 Å². The van der Waals surface area contributed by atoms with Crippen LogP contribution in [0.2, 0.25) is 0 Å². The maximum Gasteiger partial charge on any atom is 0.223 e. The minimum absolute atomic E-state index is 0.0439. The van der Waals surface area contributed by atoms with Gasteiger partial charge in [0.2, 0.25) is 5.91 Å². The Labute approximate surface area is 126 Å². The van der Waals surface area contributed by atoms with E-state index in [-0.39, 0.29) is 11.4 Å². The number of hydrogen-bond acceptors (Lipinski definition) is 3. The molecule has 0 spiro atoms. The number of hydrogen-bond donors (Lipinski definition) is 1. The zero-order valence-electron chi connectivity index (χ0n) is 12.5. The predicted octanol–water partition coefficient (Wildman–Crippen LogP) is 1.51. The van der Waals surface area contributed by atoms with Crippen LogP contribution in [0.5, 0.6) is 0 Å². The number of morpholine rings is 1. The first-order valence-electron chi connectivity index (χ1n) is 7.87. The number of ether oxygens (including phenoxy) is 1. The fraction of sp³-hybridized carbons (Fsp3) is 0.588. The summed E-state index contributed by atoms with van der Waals surface area (Å²) in [6.45, 7) is 2.79. The number of amides is 1. The third-order valence-corrected chi connectivity index (χ3v) is 4.43. The normalized spacial score (nSPS) is 20.3. The van der Waals surface area contributed by atoms with Crippen LogP contribution < -0.4 is 5.73 Å². The van der Waals surface area contributed by atoms with Crippen molar-refractivity contribution in [3.8, 4) is 0 Å². The third kappa shape index (κ3) is 4.05. The molecule has 0 radical (unpaired) electrons. The quantitative estimate of drug-likeness (QED) is 0.893. The molecular formula is C17H24N2O2. The Hall–Kier alpha value is -1.39. The number of nitrogens with two attached hydrogens (primary N) is 1. The monoisotopic (exact) mass is 288 g/mol. The molecule has 2 N–H and O–H groups in total. The van der Waals surface area contributed by atoms with Crippen molar-refractivity contribution in [1.29, 1.82) is 0 Å². The number of aryl methyl sites for hydroxylation is 1. The van der Waals surface area contributed by atoms with Crippen molar-refractivity contribution >= 4 is 5.91 Å². The molecule has 0 bridgehead atoms. The van der Waals surface area contributed by atoms with Crippen molar-refractivity contribution in [2.24, 2.45) is 5.73 Å². The zero-order chi connectivity index (χ0) is 14.7. The average molecular weight is 288 g/mol. The lowest BCUT2D eigenvalue weighted by molar-refractivity contribution is -0.135. The molecule has 2 aliphatic rings. The summed E-state index contributed by atoms with van der Waals surface area (Å²) in [7, 11) is 0. The molecule has 1 aromatic carbocycles. The second-order valence-electron chi connectivity index (χ2n) is 6.35. The van der Waals surface area contributed by atoms with E-state index in [0.717, 1.165) is 38.8 Å². The molecular weight excluding hydrogens is 264 g/mol. The Balaban J connectivity index is 1.52. The van der Waals surface area contributed by atoms with Gasteiger partial charge in [-0.25, -0.2) is 0 Å². The van der Waals surface area contributed by atoms with Crippen molar-refractivity contribution in [3.63, 3.8) is 0 Å². The molecule has 1 amide bonds. The Morgan fingerprint density at radius 1 is 1.24 bits per heavy atom. The highest BCUT2D eigenvalue weighted by molar-refractivity contribution is 5.76. The summed E-state index contributed by atoms with van der Waals surface area (Å²) in [6.07, 6.45) is 4.61. The summed E-state index contributed by atoms with van der Waals surface area (Å²) in [5.41, 5.74) is 8.75. The van der Waals surface area contributed by atoms with E-state index in [4.69, 9.17) is 10.5 Å². The van der Waals surface area contributed by atoms with Gasteiger partial charge < -0.3 is 15.4 Å². The van der Waals surface area contributed by atoms with Crippen molar-refractivity contribution in [2.45, 2.75) is 37.6 Å². The average Bonchev–Trinajstić information content (AvgIpc) is 3.23. The van der Waals surface area contributed by atoms with Crippen LogP contribution in [0.4, 0.5) is 0 Å². The lowest BCUT2D eigenvalue weighted by atomic mass is 10.0. The Bertz CT molecular complexity index is 505. The molecule has 0 atom stereocenters. The first-order chi connectivity index (χ1) is 10.1. The molecule has 21 heavy (non-hydrogen) atoms. The fourth-order valence-corrected chi connectivity index (χ4v) is 2.86. The lowest BCUT2D eigenvalue weighted by Crippen LogP contribution is -2.40. The van der Waals surface area contributed by atoms with Gasteiger partial charge in [0.1, 0.15) is 0 Å². The van der Waals surface area contributed by atoms with Crippen LogP contribution in [-0.4, -0.2) is 42.6 Å².